The van der Waals surface area contributed by atoms with Crippen molar-refractivity contribution in [2.45, 2.75) is 18.8 Å². The van der Waals surface area contributed by atoms with Crippen LogP contribution in [0.4, 0.5) is 8.78 Å². The summed E-state index contributed by atoms with van der Waals surface area (Å²) in [6.45, 7) is -0.284. The Labute approximate surface area is 96.4 Å². The number of ether oxygens (including phenoxy) is 2. The first kappa shape index (κ1) is 12.2. The van der Waals surface area contributed by atoms with Gasteiger partial charge in [-0.25, -0.2) is 8.78 Å². The monoisotopic (exact) mass is 246 g/mol. The number of rotatable bonds is 3. The van der Waals surface area contributed by atoms with Gasteiger partial charge in [0.2, 0.25) is 0 Å². The van der Waals surface area contributed by atoms with Gasteiger partial charge >= 0.3 is 0 Å². The Balaban J connectivity index is 2.20. The highest BCUT2D eigenvalue weighted by molar-refractivity contribution is 5.31. The molecule has 1 aliphatic rings. The molecular weight excluding hydrogens is 234 g/mol. The van der Waals surface area contributed by atoms with Crippen molar-refractivity contribution >= 4 is 0 Å². The molecule has 4 nitrogen and oxygen atoms in total. The Morgan fingerprint density at radius 3 is 2.41 bits per heavy atom. The van der Waals surface area contributed by atoms with Crippen LogP contribution in [-0.2, 0) is 11.3 Å². The summed E-state index contributed by atoms with van der Waals surface area (Å²) >= 11 is 0. The summed E-state index contributed by atoms with van der Waals surface area (Å²) in [5.74, 6) is -2.38. The maximum Gasteiger partial charge on any atom is 0.191 e. The number of aliphatic hydroxyl groups excluding tert-OH is 2. The smallest absolute Gasteiger partial charge is 0.191 e. The molecule has 0 aliphatic carbocycles. The lowest BCUT2D eigenvalue weighted by Crippen LogP contribution is -2.30. The number of halogens is 2. The molecule has 2 N–H and O–H groups in total. The van der Waals surface area contributed by atoms with Gasteiger partial charge in [0.15, 0.2) is 23.5 Å². The molecule has 0 bridgehead atoms. The molecular formula is C11H12F2O4. The molecule has 0 aromatic heterocycles. The van der Waals surface area contributed by atoms with Crippen molar-refractivity contribution in [2.24, 2.45) is 0 Å². The van der Waals surface area contributed by atoms with E-state index in [1.54, 1.807) is 0 Å². The Bertz CT molecular complexity index is 387. The topological polar surface area (TPSA) is 58.9 Å². The maximum absolute atomic E-state index is 13.5. The van der Waals surface area contributed by atoms with Crippen LogP contribution < -0.4 is 4.74 Å². The van der Waals surface area contributed by atoms with Gasteiger partial charge in [-0.15, -0.1) is 0 Å². The summed E-state index contributed by atoms with van der Waals surface area (Å²) in [7, 11) is 0. The Morgan fingerprint density at radius 1 is 1.29 bits per heavy atom. The van der Waals surface area contributed by atoms with E-state index in [1.807, 2.05) is 0 Å². The molecule has 1 aliphatic heterocycles. The fourth-order valence-electron chi connectivity index (χ4n) is 1.60. The number of hydrogen-bond donors (Lipinski definition) is 2. The third-order valence-corrected chi connectivity index (χ3v) is 2.51. The Kier molecular flexibility index (Phi) is 3.56. The van der Waals surface area contributed by atoms with Gasteiger partial charge in [0.05, 0.1) is 19.8 Å². The minimum Gasteiger partial charge on any atom is -0.479 e. The molecule has 1 aromatic carbocycles. The van der Waals surface area contributed by atoms with Crippen LogP contribution in [0.15, 0.2) is 12.1 Å². The van der Waals surface area contributed by atoms with Gasteiger partial charge in [-0.1, -0.05) is 0 Å². The van der Waals surface area contributed by atoms with Crippen LogP contribution in [0.5, 0.6) is 5.75 Å². The van der Waals surface area contributed by atoms with Gasteiger partial charge in [-0.3, -0.25) is 0 Å². The van der Waals surface area contributed by atoms with Crippen LogP contribution in [-0.4, -0.2) is 35.6 Å². The van der Waals surface area contributed by atoms with Crippen molar-refractivity contribution in [1.29, 1.82) is 0 Å². The minimum absolute atomic E-state index is 0.0851. The molecule has 0 radical (unpaired) electrons. The highest BCUT2D eigenvalue weighted by Crippen LogP contribution is 2.26. The zero-order valence-electron chi connectivity index (χ0n) is 8.90. The summed E-state index contributed by atoms with van der Waals surface area (Å²) in [5, 5.41) is 18.2. The van der Waals surface area contributed by atoms with Crippen molar-refractivity contribution in [1.82, 2.24) is 0 Å². The van der Waals surface area contributed by atoms with E-state index in [1.165, 1.54) is 0 Å². The van der Waals surface area contributed by atoms with E-state index in [-0.39, 0.29) is 18.8 Å². The Morgan fingerprint density at radius 2 is 1.94 bits per heavy atom. The summed E-state index contributed by atoms with van der Waals surface area (Å²) in [6.07, 6.45) is -1.68. The van der Waals surface area contributed by atoms with E-state index >= 15 is 0 Å². The highest BCUT2D eigenvalue weighted by Gasteiger charge is 2.30. The van der Waals surface area contributed by atoms with Crippen LogP contribution >= 0.6 is 0 Å². The van der Waals surface area contributed by atoms with E-state index in [2.05, 4.69) is 0 Å². The number of hydrogen-bond acceptors (Lipinski definition) is 4. The first-order chi connectivity index (χ1) is 8.11. The predicted octanol–water partition coefficient (Wildman–Crippen LogP) is 0.596. The molecule has 1 fully saturated rings. The molecule has 6 heteroatoms. The lowest BCUT2D eigenvalue weighted by Gasteiger charge is -2.16. The summed E-state index contributed by atoms with van der Waals surface area (Å²) in [5.41, 5.74) is 0.121. The second kappa shape index (κ2) is 4.95. The molecule has 2 atom stereocenters. The highest BCUT2D eigenvalue weighted by atomic mass is 19.1. The van der Waals surface area contributed by atoms with Crippen molar-refractivity contribution < 1.29 is 28.5 Å². The van der Waals surface area contributed by atoms with Crippen molar-refractivity contribution in [3.63, 3.8) is 0 Å². The quantitative estimate of drug-likeness (QED) is 0.819. The van der Waals surface area contributed by atoms with E-state index in [4.69, 9.17) is 14.6 Å². The third-order valence-electron chi connectivity index (χ3n) is 2.51. The normalized spacial score (nSPS) is 24.0. The number of benzene rings is 1. The van der Waals surface area contributed by atoms with Gasteiger partial charge in [-0.2, -0.15) is 0 Å². The van der Waals surface area contributed by atoms with Gasteiger partial charge in [0, 0.05) is 0 Å². The Hall–Kier alpha value is -1.24. The van der Waals surface area contributed by atoms with Gasteiger partial charge in [-0.05, 0) is 17.7 Å². The maximum atomic E-state index is 13.5. The second-order valence-corrected chi connectivity index (χ2v) is 3.81. The molecule has 1 aromatic rings. The first-order valence-electron chi connectivity index (χ1n) is 5.13. The van der Waals surface area contributed by atoms with Crippen LogP contribution in [0.3, 0.4) is 0 Å². The van der Waals surface area contributed by atoms with Crippen LogP contribution in [0, 0.1) is 11.6 Å². The molecule has 0 amide bonds. The lowest BCUT2D eigenvalue weighted by molar-refractivity contribution is 0.0679. The molecule has 17 heavy (non-hydrogen) atoms. The average molecular weight is 246 g/mol. The van der Waals surface area contributed by atoms with E-state index in [9.17, 15) is 13.9 Å². The lowest BCUT2D eigenvalue weighted by atomic mass is 10.2. The van der Waals surface area contributed by atoms with Crippen LogP contribution in [0.2, 0.25) is 0 Å². The molecule has 0 spiro atoms. The minimum atomic E-state index is -0.909. The van der Waals surface area contributed by atoms with Gasteiger partial charge in [0.1, 0.15) is 6.10 Å². The molecule has 1 saturated heterocycles. The molecule has 1 heterocycles. The average Bonchev–Trinajstić information content (AvgIpc) is 2.69. The van der Waals surface area contributed by atoms with E-state index < -0.39 is 36.2 Å². The SMILES string of the molecule is OCc1cc(F)c(OC2COCC2O)c(F)c1. The summed E-state index contributed by atoms with van der Waals surface area (Å²) in [4.78, 5) is 0. The predicted molar refractivity (Wildman–Crippen MR) is 53.5 cm³/mol. The standard InChI is InChI=1S/C11H12F2O4/c12-7-1-6(3-14)2-8(13)11(7)17-10-5-16-4-9(10)15/h1-2,9-10,14-15H,3-5H2. The second-order valence-electron chi connectivity index (χ2n) is 3.81. The van der Waals surface area contributed by atoms with Gasteiger partial charge in [0.25, 0.3) is 0 Å². The number of aliphatic hydroxyl groups is 2. The molecule has 94 valence electrons. The zero-order valence-corrected chi connectivity index (χ0v) is 8.90. The van der Waals surface area contributed by atoms with E-state index in [0.29, 0.717) is 0 Å². The molecule has 0 saturated carbocycles. The first-order valence-corrected chi connectivity index (χ1v) is 5.13. The van der Waals surface area contributed by atoms with E-state index in [0.717, 1.165) is 12.1 Å². The largest absolute Gasteiger partial charge is 0.479 e. The zero-order chi connectivity index (χ0) is 12.4. The molecule has 2 rings (SSSR count). The fraction of sp³-hybridized carbons (Fsp3) is 0.455. The van der Waals surface area contributed by atoms with Crippen LogP contribution in [0.1, 0.15) is 5.56 Å². The van der Waals surface area contributed by atoms with Crippen molar-refractivity contribution in [3.05, 3.63) is 29.3 Å². The summed E-state index contributed by atoms with van der Waals surface area (Å²) < 4.78 is 36.9. The third kappa shape index (κ3) is 2.54. The fourth-order valence-corrected chi connectivity index (χ4v) is 1.60. The van der Waals surface area contributed by atoms with Crippen molar-refractivity contribution in [2.75, 3.05) is 13.2 Å². The molecule has 2 unspecified atom stereocenters. The van der Waals surface area contributed by atoms with Crippen molar-refractivity contribution in [3.8, 4) is 5.75 Å². The summed E-state index contributed by atoms with van der Waals surface area (Å²) in [6, 6.07) is 1.97. The van der Waals surface area contributed by atoms with Crippen LogP contribution in [0.25, 0.3) is 0 Å². The van der Waals surface area contributed by atoms with Gasteiger partial charge < -0.3 is 19.7 Å².